The van der Waals surface area contributed by atoms with Gasteiger partial charge in [0, 0.05) is 75.6 Å². The predicted octanol–water partition coefficient (Wildman–Crippen LogP) is 5.84. The summed E-state index contributed by atoms with van der Waals surface area (Å²) in [6, 6.07) is 12.3. The molecule has 3 aromatic heterocycles. The first kappa shape index (κ1) is 39.1. The van der Waals surface area contributed by atoms with E-state index in [4.69, 9.17) is 10.00 Å². The topological polar surface area (TPSA) is 162 Å². The molecular formula is C41H45F3N10O4. The highest BCUT2D eigenvalue weighted by atomic mass is 19.4. The van der Waals surface area contributed by atoms with Gasteiger partial charge in [0.1, 0.15) is 11.6 Å². The number of aromatic nitrogens is 4. The van der Waals surface area contributed by atoms with Gasteiger partial charge in [-0.05, 0) is 99.7 Å². The van der Waals surface area contributed by atoms with Crippen LogP contribution in [0.15, 0.2) is 54.9 Å². The Morgan fingerprint density at radius 2 is 1.71 bits per heavy atom. The third kappa shape index (κ3) is 8.57. The summed E-state index contributed by atoms with van der Waals surface area (Å²) in [5.41, 5.74) is -0.185. The van der Waals surface area contributed by atoms with Crippen molar-refractivity contribution in [1.82, 2.24) is 35.3 Å². The number of nitrogens with one attached hydrogen (secondary N) is 2. The van der Waals surface area contributed by atoms with E-state index >= 15 is 0 Å². The molecule has 4 aliphatic rings. The second kappa shape index (κ2) is 16.6. The lowest BCUT2D eigenvalue weighted by atomic mass is 9.92. The van der Waals surface area contributed by atoms with Gasteiger partial charge in [-0.1, -0.05) is 0 Å². The van der Waals surface area contributed by atoms with Gasteiger partial charge in [0.05, 0.1) is 28.8 Å². The molecule has 0 bridgehead atoms. The van der Waals surface area contributed by atoms with Gasteiger partial charge in [-0.2, -0.15) is 18.4 Å². The standard InChI is InChI=1S/C41H45F3N10O4/c42-41(43,44)33-23-31(4-1-27(33)24-45)58-30-5-2-28(3-6-30)47-39(56)34-7-8-36(50-49-34)52-19-10-26(11-20-52)25-51-17-12-29(13-18-51)53-21-14-32-35(53)9-16-46-38(32)54-22-15-37(55)48-40(54)57/h1,4,7-9,14,16,21,23,26,28-30H,2-3,5-6,10-13,15,17-20,22,25H2,(H,47,56)(H,48,55,57). The maximum Gasteiger partial charge on any atom is 0.417 e. The van der Waals surface area contributed by atoms with E-state index in [1.165, 1.54) is 6.07 Å². The van der Waals surface area contributed by atoms with E-state index in [0.29, 0.717) is 50.0 Å². The molecule has 4 fully saturated rings. The average molecular weight is 799 g/mol. The number of rotatable bonds is 9. The predicted molar refractivity (Wildman–Crippen MR) is 207 cm³/mol. The molecule has 0 spiro atoms. The summed E-state index contributed by atoms with van der Waals surface area (Å²) in [6.07, 6.45) is 5.59. The molecule has 58 heavy (non-hydrogen) atoms. The van der Waals surface area contributed by atoms with Crippen LogP contribution in [0.1, 0.15) is 85.4 Å². The van der Waals surface area contributed by atoms with Crippen LogP contribution in [0, 0.1) is 17.2 Å². The van der Waals surface area contributed by atoms with Gasteiger partial charge in [0.25, 0.3) is 5.91 Å². The van der Waals surface area contributed by atoms with Crippen molar-refractivity contribution < 1.29 is 32.3 Å². The Morgan fingerprint density at radius 1 is 0.931 bits per heavy atom. The fraction of sp³-hybridized carbons (Fsp3) is 0.488. The number of piperidine rings is 2. The zero-order valence-corrected chi connectivity index (χ0v) is 32.0. The van der Waals surface area contributed by atoms with Crippen LogP contribution in [0.4, 0.5) is 29.6 Å². The van der Waals surface area contributed by atoms with Crippen LogP contribution in [-0.2, 0) is 11.0 Å². The molecule has 0 unspecified atom stereocenters. The van der Waals surface area contributed by atoms with E-state index in [-0.39, 0.29) is 41.8 Å². The maximum absolute atomic E-state index is 13.4. The summed E-state index contributed by atoms with van der Waals surface area (Å²) >= 11 is 0. The van der Waals surface area contributed by atoms with Crippen molar-refractivity contribution in [2.75, 3.05) is 49.1 Å². The number of benzene rings is 1. The number of carbonyl (C=O) groups excluding carboxylic acids is 3. The molecule has 4 amide bonds. The second-order valence-corrected chi connectivity index (χ2v) is 15.7. The highest BCUT2D eigenvalue weighted by molar-refractivity contribution is 6.08. The number of carbonyl (C=O) groups is 3. The molecule has 17 heteroatoms. The van der Waals surface area contributed by atoms with Gasteiger partial charge < -0.3 is 24.4 Å². The zero-order valence-electron chi connectivity index (χ0n) is 32.0. The quantitative estimate of drug-likeness (QED) is 0.211. The minimum Gasteiger partial charge on any atom is -0.490 e. The highest BCUT2D eigenvalue weighted by Crippen LogP contribution is 2.36. The summed E-state index contributed by atoms with van der Waals surface area (Å²) in [5, 5.41) is 24.0. The van der Waals surface area contributed by atoms with Gasteiger partial charge >= 0.3 is 12.2 Å². The monoisotopic (exact) mass is 798 g/mol. The van der Waals surface area contributed by atoms with Crippen LogP contribution in [0.25, 0.3) is 10.9 Å². The molecule has 0 atom stereocenters. The van der Waals surface area contributed by atoms with Crippen LogP contribution in [0.2, 0.25) is 0 Å². The SMILES string of the molecule is N#Cc1ccc(OC2CCC(NC(=O)c3ccc(N4CCC(CN5CCC(n6ccc7c(N8CCC(=O)NC8=O)nccc76)CC5)CC4)nn3)CC2)cc1C(F)(F)F. The molecule has 304 valence electrons. The molecule has 1 saturated carbocycles. The van der Waals surface area contributed by atoms with E-state index in [1.807, 2.05) is 18.2 Å². The number of halogens is 3. The molecule has 0 radical (unpaired) electrons. The number of amides is 4. The summed E-state index contributed by atoms with van der Waals surface area (Å²) in [4.78, 5) is 48.0. The van der Waals surface area contributed by atoms with Crippen LogP contribution in [-0.4, -0.2) is 93.9 Å². The largest absolute Gasteiger partial charge is 0.490 e. The van der Waals surface area contributed by atoms with Crippen molar-refractivity contribution in [3.8, 4) is 11.8 Å². The second-order valence-electron chi connectivity index (χ2n) is 15.7. The minimum absolute atomic E-state index is 0.0699. The van der Waals surface area contributed by atoms with Crippen LogP contribution in [0.3, 0.4) is 0 Å². The third-order valence-corrected chi connectivity index (χ3v) is 12.0. The van der Waals surface area contributed by atoms with Crippen LogP contribution in [0.5, 0.6) is 5.75 Å². The van der Waals surface area contributed by atoms with E-state index in [1.54, 1.807) is 23.2 Å². The molecule has 3 aliphatic heterocycles. The Balaban J connectivity index is 0.759. The Labute approximate surface area is 333 Å². The number of anilines is 2. The number of pyridine rings is 1. The van der Waals surface area contributed by atoms with Gasteiger partial charge in [-0.3, -0.25) is 19.8 Å². The molecule has 1 aliphatic carbocycles. The fourth-order valence-electron chi connectivity index (χ4n) is 8.78. The molecule has 14 nitrogen and oxygen atoms in total. The van der Waals surface area contributed by atoms with Crippen molar-refractivity contribution in [2.45, 2.75) is 82.2 Å². The molecule has 3 saturated heterocycles. The molecule has 6 heterocycles. The molecule has 4 aromatic rings. The van der Waals surface area contributed by atoms with Crippen molar-refractivity contribution in [2.24, 2.45) is 5.92 Å². The number of nitriles is 1. The van der Waals surface area contributed by atoms with E-state index in [9.17, 15) is 27.6 Å². The summed E-state index contributed by atoms with van der Waals surface area (Å²) in [5.74, 6) is 1.40. The summed E-state index contributed by atoms with van der Waals surface area (Å²) in [7, 11) is 0. The third-order valence-electron chi connectivity index (χ3n) is 12.0. The maximum atomic E-state index is 13.4. The number of hydrogen-bond donors (Lipinski definition) is 2. The van der Waals surface area contributed by atoms with Crippen LogP contribution >= 0.6 is 0 Å². The zero-order chi connectivity index (χ0) is 40.4. The average Bonchev–Trinajstić information content (AvgIpc) is 3.67. The lowest BCUT2D eigenvalue weighted by Gasteiger charge is -2.38. The summed E-state index contributed by atoms with van der Waals surface area (Å²) in [6.45, 7) is 5.11. The summed E-state index contributed by atoms with van der Waals surface area (Å²) < 4.78 is 48.2. The Kier molecular flexibility index (Phi) is 11.2. The number of nitrogens with zero attached hydrogens (tertiary/aromatic N) is 8. The number of imide groups is 1. The Morgan fingerprint density at radius 3 is 2.40 bits per heavy atom. The van der Waals surface area contributed by atoms with Crippen molar-refractivity contribution in [3.63, 3.8) is 0 Å². The van der Waals surface area contributed by atoms with Crippen LogP contribution < -0.4 is 25.2 Å². The molecule has 8 rings (SSSR count). The first-order chi connectivity index (χ1) is 28.0. The number of urea groups is 1. The number of alkyl halides is 3. The van der Waals surface area contributed by atoms with Crippen molar-refractivity contribution in [1.29, 1.82) is 5.26 Å². The lowest BCUT2D eigenvalue weighted by molar-refractivity contribution is -0.138. The minimum atomic E-state index is -4.65. The number of hydrogen-bond acceptors (Lipinski definition) is 10. The Hall–Kier alpha value is -5.76. The fourth-order valence-corrected chi connectivity index (χ4v) is 8.78. The number of ether oxygens (including phenoxy) is 1. The first-order valence-electron chi connectivity index (χ1n) is 20.0. The van der Waals surface area contributed by atoms with E-state index < -0.39 is 23.3 Å². The molecular weight excluding hydrogens is 754 g/mol. The Bertz CT molecular complexity index is 2180. The lowest BCUT2D eigenvalue weighted by Crippen LogP contribution is -2.49. The molecule has 1 aromatic carbocycles. The highest BCUT2D eigenvalue weighted by Gasteiger charge is 2.35. The number of fused-ring (bicyclic) bond motifs is 1. The normalized spacial score (nSPS) is 21.5. The smallest absolute Gasteiger partial charge is 0.417 e. The van der Waals surface area contributed by atoms with Gasteiger partial charge in [0.15, 0.2) is 11.5 Å². The van der Waals surface area contributed by atoms with Crippen molar-refractivity contribution >= 4 is 40.4 Å². The number of likely N-dealkylation sites (tertiary alicyclic amines) is 1. The first-order valence-corrected chi connectivity index (χ1v) is 20.0. The van der Waals surface area contributed by atoms with Gasteiger partial charge in [-0.25, -0.2) is 9.78 Å². The van der Waals surface area contributed by atoms with E-state index in [0.717, 1.165) is 87.3 Å². The van der Waals surface area contributed by atoms with E-state index in [2.05, 4.69) is 46.4 Å². The molecule has 2 N–H and O–H groups in total. The van der Waals surface area contributed by atoms with Gasteiger partial charge in [0.2, 0.25) is 5.91 Å². The van der Waals surface area contributed by atoms with Gasteiger partial charge in [-0.15, -0.1) is 10.2 Å². The van der Waals surface area contributed by atoms with Crippen molar-refractivity contribution in [3.05, 3.63) is 71.7 Å².